The molecule has 6 heteroatoms. The number of aliphatic hydroxyl groups excluding tert-OH is 1. The van der Waals surface area contributed by atoms with Crippen molar-refractivity contribution in [3.8, 4) is 0 Å². The number of hydrogen-bond donors (Lipinski definition) is 3. The fourth-order valence-corrected chi connectivity index (χ4v) is 2.52. The number of amides is 2. The molecule has 0 saturated carbocycles. The van der Waals surface area contributed by atoms with Crippen molar-refractivity contribution in [2.45, 2.75) is 18.6 Å². The van der Waals surface area contributed by atoms with E-state index < -0.39 is 6.10 Å². The van der Waals surface area contributed by atoms with E-state index in [2.05, 4.69) is 15.7 Å². The first kappa shape index (κ1) is 12.7. The summed E-state index contributed by atoms with van der Waals surface area (Å²) < 4.78 is 1.61. The Hall–Kier alpha value is -2.34. The number of urea groups is 1. The van der Waals surface area contributed by atoms with Gasteiger partial charge in [-0.15, -0.1) is 0 Å². The number of anilines is 1. The molecule has 20 heavy (non-hydrogen) atoms. The average molecular weight is 272 g/mol. The Bertz CT molecular complexity index is 638. The number of nitrogens with one attached hydrogen (secondary N) is 2. The van der Waals surface area contributed by atoms with Gasteiger partial charge in [-0.05, 0) is 11.1 Å². The van der Waals surface area contributed by atoms with Crippen molar-refractivity contribution < 1.29 is 9.90 Å². The molecule has 0 spiro atoms. The Labute approximate surface area is 116 Å². The van der Waals surface area contributed by atoms with Crippen LogP contribution in [0.2, 0.25) is 0 Å². The van der Waals surface area contributed by atoms with E-state index in [1.807, 2.05) is 24.3 Å². The van der Waals surface area contributed by atoms with Crippen LogP contribution in [0.3, 0.4) is 0 Å². The van der Waals surface area contributed by atoms with Gasteiger partial charge >= 0.3 is 6.03 Å². The molecule has 2 aromatic rings. The molecule has 2 atom stereocenters. The van der Waals surface area contributed by atoms with Crippen LogP contribution in [0.25, 0.3) is 0 Å². The van der Waals surface area contributed by atoms with Crippen LogP contribution in [0.1, 0.15) is 17.2 Å². The van der Waals surface area contributed by atoms with E-state index in [1.165, 1.54) is 0 Å². The largest absolute Gasteiger partial charge is 0.390 e. The standard InChI is InChI=1S/C14H16N4O2/c1-18-7-6-12(17-18)15-14(20)16-13-10-5-3-2-4-9(10)8-11(13)19/h2-7,11,13,19H,8H2,1H3,(H2,15,16,17,20)/t11-,13+/m1/s1. The lowest BCUT2D eigenvalue weighted by Gasteiger charge is -2.17. The summed E-state index contributed by atoms with van der Waals surface area (Å²) in [4.78, 5) is 12.0. The van der Waals surface area contributed by atoms with Crippen LogP contribution < -0.4 is 10.6 Å². The Morgan fingerprint density at radius 2 is 2.20 bits per heavy atom. The van der Waals surface area contributed by atoms with Crippen LogP contribution in [0, 0.1) is 0 Å². The molecule has 3 rings (SSSR count). The highest BCUT2D eigenvalue weighted by molar-refractivity contribution is 5.88. The first-order valence-corrected chi connectivity index (χ1v) is 6.46. The fraction of sp³-hybridized carbons (Fsp3) is 0.286. The summed E-state index contributed by atoms with van der Waals surface area (Å²) in [5.74, 6) is 0.478. The SMILES string of the molecule is Cn1ccc(NC(=O)N[C@H]2c3ccccc3C[C@H]2O)n1. The van der Waals surface area contributed by atoms with Gasteiger partial charge in [-0.25, -0.2) is 4.79 Å². The minimum absolute atomic E-state index is 0.371. The monoisotopic (exact) mass is 272 g/mol. The maximum atomic E-state index is 12.0. The first-order valence-electron chi connectivity index (χ1n) is 6.46. The van der Waals surface area contributed by atoms with Crippen LogP contribution in [-0.4, -0.2) is 27.0 Å². The number of carbonyl (C=O) groups excluding carboxylic acids is 1. The van der Waals surface area contributed by atoms with Crippen molar-refractivity contribution in [2.24, 2.45) is 7.05 Å². The summed E-state index contributed by atoms with van der Waals surface area (Å²) in [6.07, 6.45) is 1.71. The number of rotatable bonds is 2. The predicted octanol–water partition coefficient (Wildman–Crippen LogP) is 1.20. The third-order valence-corrected chi connectivity index (χ3v) is 3.45. The molecular weight excluding hydrogens is 256 g/mol. The molecule has 1 heterocycles. The maximum Gasteiger partial charge on any atom is 0.321 e. The molecule has 0 bridgehead atoms. The summed E-state index contributed by atoms with van der Waals surface area (Å²) in [7, 11) is 1.78. The maximum absolute atomic E-state index is 12.0. The number of carbonyl (C=O) groups is 1. The van der Waals surface area contributed by atoms with E-state index in [0.717, 1.165) is 11.1 Å². The number of nitrogens with zero attached hydrogens (tertiary/aromatic N) is 2. The lowest BCUT2D eigenvalue weighted by atomic mass is 10.1. The minimum atomic E-state index is -0.595. The number of aliphatic hydroxyl groups is 1. The summed E-state index contributed by atoms with van der Waals surface area (Å²) in [6.45, 7) is 0. The molecule has 1 aliphatic carbocycles. The van der Waals surface area contributed by atoms with Crippen molar-refractivity contribution >= 4 is 11.8 Å². The van der Waals surface area contributed by atoms with E-state index in [0.29, 0.717) is 12.2 Å². The Morgan fingerprint density at radius 1 is 1.40 bits per heavy atom. The Balaban J connectivity index is 1.70. The second-order valence-electron chi connectivity index (χ2n) is 4.92. The molecule has 6 nitrogen and oxygen atoms in total. The second-order valence-corrected chi connectivity index (χ2v) is 4.92. The molecule has 0 fully saturated rings. The van der Waals surface area contributed by atoms with Crippen LogP contribution in [-0.2, 0) is 13.5 Å². The topological polar surface area (TPSA) is 79.2 Å². The van der Waals surface area contributed by atoms with E-state index in [-0.39, 0.29) is 12.1 Å². The quantitative estimate of drug-likeness (QED) is 0.768. The predicted molar refractivity (Wildman–Crippen MR) is 74.3 cm³/mol. The van der Waals surface area contributed by atoms with E-state index in [1.54, 1.807) is 24.0 Å². The van der Waals surface area contributed by atoms with Gasteiger partial charge in [0.2, 0.25) is 0 Å². The van der Waals surface area contributed by atoms with Crippen LogP contribution >= 0.6 is 0 Å². The molecule has 2 amide bonds. The van der Waals surface area contributed by atoms with Crippen molar-refractivity contribution in [1.29, 1.82) is 0 Å². The zero-order chi connectivity index (χ0) is 14.1. The van der Waals surface area contributed by atoms with Gasteiger partial charge in [0.1, 0.15) is 0 Å². The summed E-state index contributed by atoms with van der Waals surface area (Å²) in [5, 5.41) is 19.6. The van der Waals surface area contributed by atoms with Crippen LogP contribution in [0.4, 0.5) is 10.6 Å². The summed E-state index contributed by atoms with van der Waals surface area (Å²) in [6, 6.07) is 8.69. The zero-order valence-electron chi connectivity index (χ0n) is 11.1. The van der Waals surface area contributed by atoms with Crippen LogP contribution in [0.15, 0.2) is 36.5 Å². The van der Waals surface area contributed by atoms with Gasteiger partial charge in [0.05, 0.1) is 12.1 Å². The highest BCUT2D eigenvalue weighted by Crippen LogP contribution is 2.31. The van der Waals surface area contributed by atoms with E-state index >= 15 is 0 Å². The first-order chi connectivity index (χ1) is 9.63. The normalized spacial score (nSPS) is 20.5. The number of benzene rings is 1. The summed E-state index contributed by atoms with van der Waals surface area (Å²) in [5.41, 5.74) is 2.04. The van der Waals surface area contributed by atoms with Crippen molar-refractivity contribution in [3.63, 3.8) is 0 Å². The van der Waals surface area contributed by atoms with Gasteiger partial charge in [0.25, 0.3) is 0 Å². The molecule has 3 N–H and O–H groups in total. The lowest BCUT2D eigenvalue weighted by Crippen LogP contribution is -2.36. The smallest absolute Gasteiger partial charge is 0.321 e. The van der Waals surface area contributed by atoms with Crippen molar-refractivity contribution in [3.05, 3.63) is 47.7 Å². The van der Waals surface area contributed by atoms with Gasteiger partial charge < -0.3 is 10.4 Å². The lowest BCUT2D eigenvalue weighted by molar-refractivity contribution is 0.144. The summed E-state index contributed by atoms with van der Waals surface area (Å²) >= 11 is 0. The molecule has 0 aliphatic heterocycles. The Kier molecular flexibility index (Phi) is 3.15. The van der Waals surface area contributed by atoms with Gasteiger partial charge in [0.15, 0.2) is 5.82 Å². The minimum Gasteiger partial charge on any atom is -0.390 e. The molecule has 1 aromatic heterocycles. The third-order valence-electron chi connectivity index (χ3n) is 3.45. The highest BCUT2D eigenvalue weighted by atomic mass is 16.3. The molecule has 1 aliphatic rings. The Morgan fingerprint density at radius 3 is 2.95 bits per heavy atom. The van der Waals surface area contributed by atoms with E-state index in [4.69, 9.17) is 0 Å². The van der Waals surface area contributed by atoms with Gasteiger partial charge in [-0.3, -0.25) is 10.00 Å². The van der Waals surface area contributed by atoms with Gasteiger partial charge in [0, 0.05) is 25.7 Å². The van der Waals surface area contributed by atoms with Crippen molar-refractivity contribution in [1.82, 2.24) is 15.1 Å². The zero-order valence-corrected chi connectivity index (χ0v) is 11.1. The molecule has 1 aromatic carbocycles. The average Bonchev–Trinajstić information content (AvgIpc) is 2.94. The fourth-order valence-electron chi connectivity index (χ4n) is 2.52. The molecular formula is C14H16N4O2. The number of aryl methyl sites for hydroxylation is 1. The number of aromatic nitrogens is 2. The van der Waals surface area contributed by atoms with Crippen LogP contribution in [0.5, 0.6) is 0 Å². The number of hydrogen-bond acceptors (Lipinski definition) is 3. The molecule has 0 saturated heterocycles. The number of fused-ring (bicyclic) bond motifs is 1. The van der Waals surface area contributed by atoms with E-state index in [9.17, 15) is 9.90 Å². The highest BCUT2D eigenvalue weighted by Gasteiger charge is 2.31. The second kappa shape index (κ2) is 4.97. The van der Waals surface area contributed by atoms with Gasteiger partial charge in [-0.2, -0.15) is 5.10 Å². The van der Waals surface area contributed by atoms with Gasteiger partial charge in [-0.1, -0.05) is 24.3 Å². The van der Waals surface area contributed by atoms with Crippen molar-refractivity contribution in [2.75, 3.05) is 5.32 Å². The third kappa shape index (κ3) is 2.37. The molecule has 104 valence electrons. The molecule has 0 radical (unpaired) electrons. The molecule has 0 unspecified atom stereocenters.